The van der Waals surface area contributed by atoms with Crippen LogP contribution in [0, 0.1) is 0 Å². The van der Waals surface area contributed by atoms with Crippen molar-refractivity contribution in [2.45, 2.75) is 0 Å². The average Bonchev–Trinajstić information content (AvgIpc) is 1.99. The first-order valence-corrected chi connectivity index (χ1v) is 4.87. The Balaban J connectivity index is 3.53. The van der Waals surface area contributed by atoms with Gasteiger partial charge in [0.25, 0.3) is 5.24 Å². The summed E-state index contributed by atoms with van der Waals surface area (Å²) in [5, 5.41) is -0.470. The Morgan fingerprint density at radius 2 is 1.54 bits per heavy atom. The SMILES string of the molecule is O=C(Cl)c1c(Cl)cc(Cl)c(Cl)c1Cl. The van der Waals surface area contributed by atoms with E-state index in [1.165, 1.54) is 6.07 Å². The summed E-state index contributed by atoms with van der Waals surface area (Å²) in [7, 11) is 0. The third kappa shape index (κ3) is 2.23. The van der Waals surface area contributed by atoms with Crippen LogP contribution in [0.1, 0.15) is 10.4 Å². The minimum absolute atomic E-state index is 0.0283. The van der Waals surface area contributed by atoms with Crippen molar-refractivity contribution < 1.29 is 4.79 Å². The first-order valence-electron chi connectivity index (χ1n) is 2.98. The molecule has 0 saturated heterocycles. The highest BCUT2D eigenvalue weighted by molar-refractivity contribution is 6.70. The maximum Gasteiger partial charge on any atom is 0.255 e. The first kappa shape index (κ1) is 11.4. The van der Waals surface area contributed by atoms with Crippen LogP contribution in [0.15, 0.2) is 6.07 Å². The van der Waals surface area contributed by atoms with Gasteiger partial charge in [-0.15, -0.1) is 0 Å². The lowest BCUT2D eigenvalue weighted by Crippen LogP contribution is -1.93. The molecule has 0 radical (unpaired) electrons. The van der Waals surface area contributed by atoms with E-state index in [2.05, 4.69) is 0 Å². The molecule has 6 heteroatoms. The third-order valence-corrected chi connectivity index (χ3v) is 3.06. The highest BCUT2D eigenvalue weighted by atomic mass is 35.5. The van der Waals surface area contributed by atoms with Crippen molar-refractivity contribution >= 4 is 63.2 Å². The summed E-state index contributed by atoms with van der Waals surface area (Å²) in [5.41, 5.74) is -0.0283. The second-order valence-corrected chi connectivity index (χ2v) is 4.03. The molecule has 0 aliphatic heterocycles. The second-order valence-electron chi connectivity index (χ2n) is 2.12. The van der Waals surface area contributed by atoms with Crippen LogP contribution < -0.4 is 0 Å². The molecule has 1 aromatic rings. The summed E-state index contributed by atoms with van der Waals surface area (Å²) in [4.78, 5) is 10.8. The van der Waals surface area contributed by atoms with Gasteiger partial charge in [0.1, 0.15) is 0 Å². The molecule has 0 aliphatic carbocycles. The van der Waals surface area contributed by atoms with Gasteiger partial charge in [0.15, 0.2) is 0 Å². The van der Waals surface area contributed by atoms with Crippen LogP contribution in [0.5, 0.6) is 0 Å². The molecule has 70 valence electrons. The van der Waals surface area contributed by atoms with Crippen molar-refractivity contribution in [1.29, 1.82) is 0 Å². The first-order chi connectivity index (χ1) is 5.95. The minimum Gasteiger partial charge on any atom is -0.275 e. The zero-order chi connectivity index (χ0) is 10.2. The van der Waals surface area contributed by atoms with Crippen molar-refractivity contribution in [3.63, 3.8) is 0 Å². The molecule has 0 saturated carbocycles. The van der Waals surface area contributed by atoms with E-state index in [1.54, 1.807) is 0 Å². The van der Waals surface area contributed by atoms with Gasteiger partial charge in [0.05, 0.1) is 25.7 Å². The van der Waals surface area contributed by atoms with Crippen LogP contribution in [0.2, 0.25) is 20.1 Å². The minimum atomic E-state index is -0.770. The number of carbonyl (C=O) groups is 1. The van der Waals surface area contributed by atoms with Gasteiger partial charge in [0, 0.05) is 0 Å². The number of hydrogen-bond donors (Lipinski definition) is 0. The van der Waals surface area contributed by atoms with E-state index in [1.807, 2.05) is 0 Å². The molecule has 0 aliphatic rings. The van der Waals surface area contributed by atoms with E-state index in [4.69, 9.17) is 58.0 Å². The van der Waals surface area contributed by atoms with Gasteiger partial charge < -0.3 is 0 Å². The summed E-state index contributed by atoms with van der Waals surface area (Å²) in [6.07, 6.45) is 0. The molecule has 13 heavy (non-hydrogen) atoms. The van der Waals surface area contributed by atoms with Crippen molar-refractivity contribution in [3.8, 4) is 0 Å². The van der Waals surface area contributed by atoms with Crippen LogP contribution in [0.4, 0.5) is 0 Å². The Hall–Kier alpha value is 0.340. The Kier molecular flexibility index (Phi) is 3.73. The van der Waals surface area contributed by atoms with Crippen LogP contribution >= 0.6 is 58.0 Å². The van der Waals surface area contributed by atoms with Crippen molar-refractivity contribution in [3.05, 3.63) is 31.7 Å². The molecule has 0 fully saturated rings. The summed E-state index contributed by atoms with van der Waals surface area (Å²) in [6.45, 7) is 0. The summed E-state index contributed by atoms with van der Waals surface area (Å²) in [6, 6.07) is 1.31. The number of halogens is 5. The average molecular weight is 278 g/mol. The molecule has 0 unspecified atom stereocenters. The maximum atomic E-state index is 10.8. The maximum absolute atomic E-state index is 10.8. The topological polar surface area (TPSA) is 17.1 Å². The molecular weight excluding hydrogens is 277 g/mol. The lowest BCUT2D eigenvalue weighted by Gasteiger charge is -2.05. The predicted molar refractivity (Wildman–Crippen MR) is 56.7 cm³/mol. The molecule has 1 nitrogen and oxygen atoms in total. The van der Waals surface area contributed by atoms with Crippen molar-refractivity contribution in [2.75, 3.05) is 0 Å². The zero-order valence-corrected chi connectivity index (χ0v) is 9.66. The largest absolute Gasteiger partial charge is 0.275 e. The summed E-state index contributed by atoms with van der Waals surface area (Å²) < 4.78 is 0. The van der Waals surface area contributed by atoms with E-state index in [0.717, 1.165) is 0 Å². The number of hydrogen-bond acceptors (Lipinski definition) is 1. The normalized spacial score (nSPS) is 10.2. The molecule has 0 N–H and O–H groups in total. The predicted octanol–water partition coefficient (Wildman–Crippen LogP) is 4.68. The van der Waals surface area contributed by atoms with Gasteiger partial charge in [0.2, 0.25) is 0 Å². The van der Waals surface area contributed by atoms with Crippen LogP contribution in [0.25, 0.3) is 0 Å². The van der Waals surface area contributed by atoms with E-state index < -0.39 is 5.24 Å². The number of benzene rings is 1. The number of carbonyl (C=O) groups excluding carboxylic acids is 1. The molecule has 0 amide bonds. The fourth-order valence-corrected chi connectivity index (χ4v) is 2.12. The highest BCUT2D eigenvalue weighted by Crippen LogP contribution is 2.37. The third-order valence-electron chi connectivity index (χ3n) is 1.31. The molecule has 0 spiro atoms. The molecule has 1 aromatic carbocycles. The lowest BCUT2D eigenvalue weighted by molar-refractivity contribution is 0.108. The molecule has 0 aromatic heterocycles. The monoisotopic (exact) mass is 276 g/mol. The molecule has 1 rings (SSSR count). The van der Waals surface area contributed by atoms with Gasteiger partial charge in [-0.05, 0) is 17.7 Å². The Labute approximate surface area is 99.5 Å². The molecule has 0 bridgehead atoms. The highest BCUT2D eigenvalue weighted by Gasteiger charge is 2.17. The van der Waals surface area contributed by atoms with E-state index in [9.17, 15) is 4.79 Å². The summed E-state index contributed by atoms with van der Waals surface area (Å²) >= 11 is 27.9. The molecule has 0 heterocycles. The van der Waals surface area contributed by atoms with E-state index in [0.29, 0.717) is 0 Å². The van der Waals surface area contributed by atoms with Gasteiger partial charge in [-0.2, -0.15) is 0 Å². The van der Waals surface area contributed by atoms with Gasteiger partial charge >= 0.3 is 0 Å². The van der Waals surface area contributed by atoms with Crippen LogP contribution in [-0.4, -0.2) is 5.24 Å². The standard InChI is InChI=1S/C7HCl5O/c8-2-1-3(9)5(10)6(11)4(2)7(12)13/h1H. The van der Waals surface area contributed by atoms with Gasteiger partial charge in [-0.3, -0.25) is 4.79 Å². The smallest absolute Gasteiger partial charge is 0.255 e. The molecular formula is C7HCl5O. The zero-order valence-electron chi connectivity index (χ0n) is 5.88. The second kappa shape index (κ2) is 4.24. The van der Waals surface area contributed by atoms with Crippen molar-refractivity contribution in [2.24, 2.45) is 0 Å². The Morgan fingerprint density at radius 3 is 2.00 bits per heavy atom. The van der Waals surface area contributed by atoms with E-state index in [-0.39, 0.29) is 25.7 Å². The van der Waals surface area contributed by atoms with Crippen molar-refractivity contribution in [1.82, 2.24) is 0 Å². The van der Waals surface area contributed by atoms with Gasteiger partial charge in [-0.1, -0.05) is 46.4 Å². The Bertz CT molecular complexity index is 374. The van der Waals surface area contributed by atoms with Crippen LogP contribution in [-0.2, 0) is 0 Å². The quantitative estimate of drug-likeness (QED) is 0.414. The van der Waals surface area contributed by atoms with E-state index >= 15 is 0 Å². The summed E-state index contributed by atoms with van der Waals surface area (Å²) in [5.74, 6) is 0. The fourth-order valence-electron chi connectivity index (χ4n) is 0.746. The molecule has 0 atom stereocenters. The number of rotatable bonds is 1. The lowest BCUT2D eigenvalue weighted by atomic mass is 10.2. The Morgan fingerprint density at radius 1 is 1.00 bits per heavy atom. The van der Waals surface area contributed by atoms with Gasteiger partial charge in [-0.25, -0.2) is 0 Å². The fraction of sp³-hybridized carbons (Fsp3) is 0. The van der Waals surface area contributed by atoms with Crippen LogP contribution in [0.3, 0.4) is 0 Å².